The van der Waals surface area contributed by atoms with Crippen molar-refractivity contribution in [2.75, 3.05) is 20.2 Å². The van der Waals surface area contributed by atoms with Gasteiger partial charge in [0, 0.05) is 12.5 Å². The zero-order valence-corrected chi connectivity index (χ0v) is 16.2. The lowest BCUT2D eigenvalue weighted by atomic mass is 9.85. The molecular formula is C21H34N2O2. The van der Waals surface area contributed by atoms with Gasteiger partial charge in [-0.1, -0.05) is 39.0 Å². The summed E-state index contributed by atoms with van der Waals surface area (Å²) in [5.41, 5.74) is 1.15. The summed E-state index contributed by atoms with van der Waals surface area (Å²) in [5.74, 6) is 2.48. The molecule has 4 nitrogen and oxygen atoms in total. The van der Waals surface area contributed by atoms with E-state index in [1.807, 2.05) is 18.2 Å². The second-order valence-electron chi connectivity index (χ2n) is 7.72. The topological polar surface area (TPSA) is 50.4 Å². The largest absolute Gasteiger partial charge is 0.496 e. The highest BCUT2D eigenvalue weighted by atomic mass is 16.5. The second-order valence-corrected chi connectivity index (χ2v) is 7.72. The Labute approximate surface area is 152 Å². The number of benzene rings is 1. The molecule has 1 saturated heterocycles. The van der Waals surface area contributed by atoms with Crippen molar-refractivity contribution in [3.63, 3.8) is 0 Å². The predicted octanol–water partition coefficient (Wildman–Crippen LogP) is 3.40. The van der Waals surface area contributed by atoms with Crippen molar-refractivity contribution in [1.82, 2.24) is 10.6 Å². The molecule has 1 aromatic rings. The molecule has 0 radical (unpaired) electrons. The van der Waals surface area contributed by atoms with Gasteiger partial charge in [0.05, 0.1) is 7.11 Å². The molecule has 0 aromatic heterocycles. The highest BCUT2D eigenvalue weighted by molar-refractivity contribution is 5.76. The first-order chi connectivity index (χ1) is 12.0. The van der Waals surface area contributed by atoms with Gasteiger partial charge in [0.25, 0.3) is 0 Å². The minimum atomic E-state index is 0.125. The van der Waals surface area contributed by atoms with E-state index in [2.05, 4.69) is 37.5 Å². The molecule has 1 amide bonds. The van der Waals surface area contributed by atoms with Crippen molar-refractivity contribution in [1.29, 1.82) is 0 Å². The summed E-state index contributed by atoms with van der Waals surface area (Å²) >= 11 is 0. The molecule has 1 aliphatic heterocycles. The van der Waals surface area contributed by atoms with E-state index in [1.165, 1.54) is 12.8 Å². The molecule has 3 atom stereocenters. The Morgan fingerprint density at radius 2 is 2.08 bits per heavy atom. The number of hydrogen-bond acceptors (Lipinski definition) is 3. The van der Waals surface area contributed by atoms with Gasteiger partial charge in [0.1, 0.15) is 5.75 Å². The first-order valence-corrected chi connectivity index (χ1v) is 9.63. The van der Waals surface area contributed by atoms with Gasteiger partial charge in [-0.25, -0.2) is 0 Å². The molecule has 0 spiro atoms. The van der Waals surface area contributed by atoms with Gasteiger partial charge in [0.15, 0.2) is 0 Å². The number of carbonyl (C=O) groups is 1. The number of carbonyl (C=O) groups excluding carboxylic acids is 1. The Hall–Kier alpha value is -1.55. The zero-order chi connectivity index (χ0) is 18.2. The minimum absolute atomic E-state index is 0.125. The van der Waals surface area contributed by atoms with E-state index in [0.29, 0.717) is 24.2 Å². The number of piperidine rings is 1. The Bertz CT molecular complexity index is 538. The van der Waals surface area contributed by atoms with E-state index in [4.69, 9.17) is 4.74 Å². The fourth-order valence-electron chi connectivity index (χ4n) is 3.65. The molecule has 0 bridgehead atoms. The van der Waals surface area contributed by atoms with Crippen LogP contribution in [-0.2, 0) is 11.2 Å². The summed E-state index contributed by atoms with van der Waals surface area (Å²) in [5, 5.41) is 6.72. The second kappa shape index (κ2) is 9.81. The quantitative estimate of drug-likeness (QED) is 0.758. The van der Waals surface area contributed by atoms with Crippen LogP contribution in [0.2, 0.25) is 0 Å². The predicted molar refractivity (Wildman–Crippen MR) is 103 cm³/mol. The monoisotopic (exact) mass is 346 g/mol. The molecule has 1 aromatic carbocycles. The molecule has 3 unspecified atom stereocenters. The van der Waals surface area contributed by atoms with Gasteiger partial charge in [-0.05, 0) is 61.7 Å². The zero-order valence-electron chi connectivity index (χ0n) is 16.2. The van der Waals surface area contributed by atoms with Crippen molar-refractivity contribution < 1.29 is 9.53 Å². The van der Waals surface area contributed by atoms with E-state index in [9.17, 15) is 4.79 Å². The molecule has 140 valence electrons. The van der Waals surface area contributed by atoms with Crippen LogP contribution in [0.3, 0.4) is 0 Å². The van der Waals surface area contributed by atoms with Crippen LogP contribution in [-0.4, -0.2) is 32.1 Å². The lowest BCUT2D eigenvalue weighted by molar-refractivity contribution is -0.123. The smallest absolute Gasteiger partial charge is 0.220 e. The van der Waals surface area contributed by atoms with E-state index in [-0.39, 0.29) is 11.9 Å². The first kappa shape index (κ1) is 19.8. The van der Waals surface area contributed by atoms with Gasteiger partial charge < -0.3 is 15.4 Å². The third-order valence-corrected chi connectivity index (χ3v) is 5.43. The summed E-state index contributed by atoms with van der Waals surface area (Å²) < 4.78 is 5.46. The van der Waals surface area contributed by atoms with Gasteiger partial charge in [-0.2, -0.15) is 0 Å². The number of rotatable bonds is 8. The number of amides is 1. The summed E-state index contributed by atoms with van der Waals surface area (Å²) in [6.07, 6.45) is 3.86. The SMILES string of the molecule is COc1ccccc1CC(NC(=O)CC(C)C1CCCNC1)C(C)C. The van der Waals surface area contributed by atoms with Crippen molar-refractivity contribution in [2.24, 2.45) is 17.8 Å². The fraction of sp³-hybridized carbons (Fsp3) is 0.667. The van der Waals surface area contributed by atoms with E-state index < -0.39 is 0 Å². The summed E-state index contributed by atoms with van der Waals surface area (Å²) in [4.78, 5) is 12.6. The maximum Gasteiger partial charge on any atom is 0.220 e. The molecule has 2 N–H and O–H groups in total. The van der Waals surface area contributed by atoms with Gasteiger partial charge >= 0.3 is 0 Å². The van der Waals surface area contributed by atoms with Crippen LogP contribution in [0.1, 0.15) is 45.6 Å². The molecule has 0 saturated carbocycles. The molecule has 1 fully saturated rings. The Balaban J connectivity index is 1.92. The van der Waals surface area contributed by atoms with Crippen LogP contribution in [0.5, 0.6) is 5.75 Å². The van der Waals surface area contributed by atoms with Crippen LogP contribution < -0.4 is 15.4 Å². The van der Waals surface area contributed by atoms with Crippen molar-refractivity contribution in [3.8, 4) is 5.75 Å². The molecule has 25 heavy (non-hydrogen) atoms. The van der Waals surface area contributed by atoms with Gasteiger partial charge in [0.2, 0.25) is 5.91 Å². The van der Waals surface area contributed by atoms with Crippen molar-refractivity contribution in [3.05, 3.63) is 29.8 Å². The van der Waals surface area contributed by atoms with Crippen LogP contribution in [0.25, 0.3) is 0 Å². The normalized spacial score (nSPS) is 20.1. The van der Waals surface area contributed by atoms with Crippen LogP contribution >= 0.6 is 0 Å². The number of methoxy groups -OCH3 is 1. The Morgan fingerprint density at radius 3 is 2.72 bits per heavy atom. The van der Waals surface area contributed by atoms with E-state index in [0.717, 1.165) is 30.8 Å². The average molecular weight is 347 g/mol. The van der Waals surface area contributed by atoms with Crippen molar-refractivity contribution in [2.45, 2.75) is 52.5 Å². The van der Waals surface area contributed by atoms with Crippen molar-refractivity contribution >= 4 is 5.91 Å². The maximum atomic E-state index is 12.6. The minimum Gasteiger partial charge on any atom is -0.496 e. The summed E-state index contributed by atoms with van der Waals surface area (Å²) in [7, 11) is 1.70. The third kappa shape index (κ3) is 6.03. The Kier molecular flexibility index (Phi) is 7.76. The van der Waals surface area contributed by atoms with E-state index in [1.54, 1.807) is 7.11 Å². The fourth-order valence-corrected chi connectivity index (χ4v) is 3.65. The molecule has 2 rings (SSSR count). The third-order valence-electron chi connectivity index (χ3n) is 5.43. The highest BCUT2D eigenvalue weighted by Gasteiger charge is 2.24. The Morgan fingerprint density at radius 1 is 1.32 bits per heavy atom. The number of hydrogen-bond donors (Lipinski definition) is 2. The van der Waals surface area contributed by atoms with Gasteiger partial charge in [-0.15, -0.1) is 0 Å². The molecule has 0 aliphatic carbocycles. The number of ether oxygens (including phenoxy) is 1. The molecular weight excluding hydrogens is 312 g/mol. The van der Waals surface area contributed by atoms with Crippen LogP contribution in [0.15, 0.2) is 24.3 Å². The summed E-state index contributed by atoms with van der Waals surface area (Å²) in [6.45, 7) is 8.69. The first-order valence-electron chi connectivity index (χ1n) is 9.63. The summed E-state index contributed by atoms with van der Waals surface area (Å²) in [6, 6.07) is 8.18. The van der Waals surface area contributed by atoms with Crippen LogP contribution in [0, 0.1) is 17.8 Å². The number of nitrogens with one attached hydrogen (secondary N) is 2. The lowest BCUT2D eigenvalue weighted by Crippen LogP contribution is -2.42. The van der Waals surface area contributed by atoms with Crippen LogP contribution in [0.4, 0.5) is 0 Å². The average Bonchev–Trinajstić information content (AvgIpc) is 2.62. The van der Waals surface area contributed by atoms with E-state index >= 15 is 0 Å². The highest BCUT2D eigenvalue weighted by Crippen LogP contribution is 2.24. The maximum absolute atomic E-state index is 12.6. The molecule has 1 aliphatic rings. The lowest BCUT2D eigenvalue weighted by Gasteiger charge is -2.29. The van der Waals surface area contributed by atoms with Gasteiger partial charge in [-0.3, -0.25) is 4.79 Å². The molecule has 1 heterocycles. The molecule has 4 heteroatoms. The number of para-hydroxylation sites is 1. The standard InChI is InChI=1S/C21H34N2O2/c1-15(2)19(13-17-8-5-6-10-20(17)25-4)23-21(24)12-16(3)18-9-7-11-22-14-18/h5-6,8,10,15-16,18-19,22H,7,9,11-14H2,1-4H3,(H,23,24).